The SMILES string of the molecule is O=C(CNC(=O)C1CCCCC1)Nc1nc(-c2ccccc2)cs1. The molecular weight excluding hydrogens is 322 g/mol. The molecule has 0 atom stereocenters. The van der Waals surface area contributed by atoms with Crippen LogP contribution in [0.1, 0.15) is 32.1 Å². The number of amides is 2. The molecule has 3 rings (SSSR count). The fraction of sp³-hybridized carbons (Fsp3) is 0.389. The molecule has 2 amide bonds. The van der Waals surface area contributed by atoms with E-state index in [0.29, 0.717) is 5.13 Å². The van der Waals surface area contributed by atoms with E-state index in [2.05, 4.69) is 15.6 Å². The van der Waals surface area contributed by atoms with Crippen LogP contribution in [0.2, 0.25) is 0 Å². The molecule has 24 heavy (non-hydrogen) atoms. The van der Waals surface area contributed by atoms with Crippen molar-refractivity contribution in [3.05, 3.63) is 35.7 Å². The van der Waals surface area contributed by atoms with Gasteiger partial charge in [0.1, 0.15) is 0 Å². The van der Waals surface area contributed by atoms with E-state index in [0.717, 1.165) is 36.9 Å². The van der Waals surface area contributed by atoms with Crippen molar-refractivity contribution in [2.24, 2.45) is 5.92 Å². The summed E-state index contributed by atoms with van der Waals surface area (Å²) in [4.78, 5) is 28.4. The molecule has 1 saturated carbocycles. The lowest BCUT2D eigenvalue weighted by molar-refractivity contribution is -0.128. The number of nitrogens with zero attached hydrogens (tertiary/aromatic N) is 1. The maximum atomic E-state index is 12.0. The summed E-state index contributed by atoms with van der Waals surface area (Å²) in [7, 11) is 0. The molecule has 0 spiro atoms. The predicted octanol–water partition coefficient (Wildman–Crippen LogP) is 3.45. The van der Waals surface area contributed by atoms with E-state index >= 15 is 0 Å². The zero-order valence-corrected chi connectivity index (χ0v) is 14.3. The lowest BCUT2D eigenvalue weighted by atomic mass is 9.89. The van der Waals surface area contributed by atoms with E-state index in [-0.39, 0.29) is 24.3 Å². The zero-order chi connectivity index (χ0) is 16.8. The summed E-state index contributed by atoms with van der Waals surface area (Å²) in [5.41, 5.74) is 1.85. The summed E-state index contributed by atoms with van der Waals surface area (Å²) in [6.07, 6.45) is 5.27. The van der Waals surface area contributed by atoms with E-state index in [9.17, 15) is 9.59 Å². The van der Waals surface area contributed by atoms with Crippen molar-refractivity contribution >= 4 is 28.3 Å². The number of hydrogen-bond donors (Lipinski definition) is 2. The number of rotatable bonds is 5. The van der Waals surface area contributed by atoms with Gasteiger partial charge >= 0.3 is 0 Å². The number of aromatic nitrogens is 1. The van der Waals surface area contributed by atoms with Crippen molar-refractivity contribution < 1.29 is 9.59 Å². The minimum atomic E-state index is -0.242. The molecule has 0 bridgehead atoms. The number of benzene rings is 1. The van der Waals surface area contributed by atoms with Crippen molar-refractivity contribution in [1.82, 2.24) is 10.3 Å². The molecule has 0 saturated heterocycles. The Balaban J connectivity index is 1.48. The van der Waals surface area contributed by atoms with E-state index in [1.165, 1.54) is 17.8 Å². The van der Waals surface area contributed by atoms with Gasteiger partial charge in [0.15, 0.2) is 5.13 Å². The average molecular weight is 343 g/mol. The third-order valence-corrected chi connectivity index (χ3v) is 4.98. The molecule has 1 aliphatic rings. The van der Waals surface area contributed by atoms with Crippen LogP contribution in [0.15, 0.2) is 35.7 Å². The normalized spacial score (nSPS) is 15.0. The number of carbonyl (C=O) groups is 2. The second kappa shape index (κ2) is 8.06. The average Bonchev–Trinajstić information content (AvgIpc) is 3.09. The smallest absolute Gasteiger partial charge is 0.245 e. The second-order valence-corrected chi connectivity index (χ2v) is 6.86. The van der Waals surface area contributed by atoms with Gasteiger partial charge in [-0.25, -0.2) is 4.98 Å². The molecule has 1 aromatic heterocycles. The van der Waals surface area contributed by atoms with Gasteiger partial charge in [0.25, 0.3) is 0 Å². The Morgan fingerprint density at radius 1 is 1.12 bits per heavy atom. The number of hydrogen-bond acceptors (Lipinski definition) is 4. The predicted molar refractivity (Wildman–Crippen MR) is 95.8 cm³/mol. The highest BCUT2D eigenvalue weighted by Gasteiger charge is 2.21. The Morgan fingerprint density at radius 3 is 2.62 bits per heavy atom. The third-order valence-electron chi connectivity index (χ3n) is 4.22. The van der Waals surface area contributed by atoms with Crippen molar-refractivity contribution in [1.29, 1.82) is 0 Å². The molecule has 0 aliphatic heterocycles. The molecule has 1 aromatic carbocycles. The first kappa shape index (κ1) is 16.6. The molecule has 5 nitrogen and oxygen atoms in total. The van der Waals surface area contributed by atoms with Gasteiger partial charge < -0.3 is 10.6 Å². The highest BCUT2D eigenvalue weighted by Crippen LogP contribution is 2.25. The highest BCUT2D eigenvalue weighted by atomic mass is 32.1. The number of thiazole rings is 1. The molecule has 126 valence electrons. The molecule has 0 unspecified atom stereocenters. The standard InChI is InChI=1S/C18H21N3O2S/c22-16(11-19-17(23)14-9-5-2-6-10-14)21-18-20-15(12-24-18)13-7-3-1-4-8-13/h1,3-4,7-8,12,14H,2,5-6,9-11H2,(H,19,23)(H,20,21,22). The molecule has 6 heteroatoms. The first-order chi connectivity index (χ1) is 11.7. The van der Waals surface area contributed by atoms with Crippen molar-refractivity contribution in [3.8, 4) is 11.3 Å². The van der Waals surface area contributed by atoms with Crippen molar-refractivity contribution in [2.45, 2.75) is 32.1 Å². The van der Waals surface area contributed by atoms with Gasteiger partial charge in [-0.1, -0.05) is 49.6 Å². The maximum Gasteiger partial charge on any atom is 0.245 e. The second-order valence-electron chi connectivity index (χ2n) is 6.00. The van der Waals surface area contributed by atoms with Gasteiger partial charge in [0, 0.05) is 16.9 Å². The minimum absolute atomic E-state index is 0.00438. The lowest BCUT2D eigenvalue weighted by Crippen LogP contribution is -2.37. The van der Waals surface area contributed by atoms with Crippen LogP contribution in [0.3, 0.4) is 0 Å². The Morgan fingerprint density at radius 2 is 1.88 bits per heavy atom. The molecule has 1 fully saturated rings. The van der Waals surface area contributed by atoms with E-state index in [1.54, 1.807) is 0 Å². The summed E-state index contributed by atoms with van der Waals surface area (Å²) in [5.74, 6) is -0.182. The summed E-state index contributed by atoms with van der Waals surface area (Å²) >= 11 is 1.38. The van der Waals surface area contributed by atoms with Crippen molar-refractivity contribution in [3.63, 3.8) is 0 Å². The first-order valence-corrected chi connectivity index (χ1v) is 9.19. The van der Waals surface area contributed by atoms with E-state index < -0.39 is 0 Å². The molecule has 1 heterocycles. The van der Waals surface area contributed by atoms with Crippen molar-refractivity contribution in [2.75, 3.05) is 11.9 Å². The van der Waals surface area contributed by atoms with Crippen LogP contribution in [0.25, 0.3) is 11.3 Å². The third kappa shape index (κ3) is 4.41. The van der Waals surface area contributed by atoms with Gasteiger partial charge in [-0.05, 0) is 12.8 Å². The zero-order valence-electron chi connectivity index (χ0n) is 13.5. The molecule has 2 N–H and O–H groups in total. The summed E-state index contributed by atoms with van der Waals surface area (Å²) < 4.78 is 0. The maximum absolute atomic E-state index is 12.0. The summed E-state index contributed by atoms with van der Waals surface area (Å²) in [6, 6.07) is 9.81. The summed E-state index contributed by atoms with van der Waals surface area (Å²) in [6.45, 7) is -0.00438. The van der Waals surface area contributed by atoms with Gasteiger partial charge in [-0.15, -0.1) is 11.3 Å². The monoisotopic (exact) mass is 343 g/mol. The molecular formula is C18H21N3O2S. The first-order valence-electron chi connectivity index (χ1n) is 8.31. The number of anilines is 1. The van der Waals surface area contributed by atoms with Gasteiger partial charge in [0.05, 0.1) is 12.2 Å². The van der Waals surface area contributed by atoms with Crippen LogP contribution in [-0.4, -0.2) is 23.3 Å². The fourth-order valence-electron chi connectivity index (χ4n) is 2.91. The van der Waals surface area contributed by atoms with Crippen LogP contribution < -0.4 is 10.6 Å². The van der Waals surface area contributed by atoms with Crippen LogP contribution in [-0.2, 0) is 9.59 Å². The van der Waals surface area contributed by atoms with Gasteiger partial charge in [-0.2, -0.15) is 0 Å². The van der Waals surface area contributed by atoms with Gasteiger partial charge in [-0.3, -0.25) is 9.59 Å². The lowest BCUT2D eigenvalue weighted by Gasteiger charge is -2.20. The Hall–Kier alpha value is -2.21. The largest absolute Gasteiger partial charge is 0.347 e. The fourth-order valence-corrected chi connectivity index (χ4v) is 3.65. The number of carbonyl (C=O) groups excluding carboxylic acids is 2. The molecule has 2 aromatic rings. The van der Waals surface area contributed by atoms with E-state index in [1.807, 2.05) is 35.7 Å². The number of nitrogens with one attached hydrogen (secondary N) is 2. The Labute approximate surface area is 145 Å². The van der Waals surface area contributed by atoms with Crippen LogP contribution >= 0.6 is 11.3 Å². The molecule has 1 aliphatic carbocycles. The van der Waals surface area contributed by atoms with Crippen LogP contribution in [0.4, 0.5) is 5.13 Å². The van der Waals surface area contributed by atoms with Gasteiger partial charge in [0.2, 0.25) is 11.8 Å². The topological polar surface area (TPSA) is 71.1 Å². The van der Waals surface area contributed by atoms with Crippen LogP contribution in [0.5, 0.6) is 0 Å². The summed E-state index contributed by atoms with van der Waals surface area (Å²) in [5, 5.41) is 7.94. The minimum Gasteiger partial charge on any atom is -0.347 e. The van der Waals surface area contributed by atoms with Crippen LogP contribution in [0, 0.1) is 5.92 Å². The Kier molecular flexibility index (Phi) is 5.59. The molecule has 0 radical (unpaired) electrons. The highest BCUT2D eigenvalue weighted by molar-refractivity contribution is 7.14. The van der Waals surface area contributed by atoms with E-state index in [4.69, 9.17) is 0 Å². The Bertz CT molecular complexity index is 693. The quantitative estimate of drug-likeness (QED) is 0.873.